The Kier molecular flexibility index (Phi) is 9.15. The number of benzene rings is 2. The predicted octanol–water partition coefficient (Wildman–Crippen LogP) is 2.85. The van der Waals surface area contributed by atoms with Crippen molar-refractivity contribution in [3.8, 4) is 5.75 Å². The number of carbonyl (C=O) groups is 3. The molecule has 10 heteroatoms. The summed E-state index contributed by atoms with van der Waals surface area (Å²) in [5, 5.41) is 21.0. The van der Waals surface area contributed by atoms with Crippen LogP contribution in [-0.2, 0) is 16.1 Å². The smallest absolute Gasteiger partial charge is 0.338 e. The third-order valence-corrected chi connectivity index (χ3v) is 8.80. The Hall–Kier alpha value is -3.47. The molecule has 1 saturated carbocycles. The Morgan fingerprint density at radius 3 is 2.38 bits per heavy atom. The molecule has 3 aliphatic rings. The molecule has 2 aromatic rings. The van der Waals surface area contributed by atoms with Gasteiger partial charge in [-0.3, -0.25) is 14.5 Å². The number of anilines is 1. The highest BCUT2D eigenvalue weighted by atomic mass is 16.5. The fourth-order valence-electron chi connectivity index (χ4n) is 6.18. The van der Waals surface area contributed by atoms with Gasteiger partial charge in [0.25, 0.3) is 5.91 Å². The van der Waals surface area contributed by atoms with E-state index in [1.54, 1.807) is 24.3 Å². The molecule has 3 fully saturated rings. The lowest BCUT2D eigenvalue weighted by atomic mass is 9.77. The van der Waals surface area contributed by atoms with Crippen LogP contribution in [0, 0.1) is 5.41 Å². The Morgan fingerprint density at radius 1 is 1.10 bits per heavy atom. The molecular weight excluding hydrogens is 538 g/mol. The van der Waals surface area contributed by atoms with E-state index < -0.39 is 6.04 Å². The first-order chi connectivity index (χ1) is 20.3. The van der Waals surface area contributed by atoms with Crippen LogP contribution in [0.3, 0.4) is 0 Å². The standard InChI is InChI=1S/C32H41N3O7/c1-3-42-28-15-27(31(40)41-2)26(21-4-5-21)14-23(28)17-34-12-10-32(11-13-34)16-29(38)35(20-32)25-8-6-22(7-9-25)30(39)33-24(18-36)19-37/h6-9,14-15,21,24,36-37H,3-5,10-13,16-20H2,1-2H3,(H,33,39). The molecule has 2 aliphatic heterocycles. The molecule has 2 heterocycles. The minimum Gasteiger partial charge on any atom is -0.494 e. The number of nitrogens with zero attached hydrogens (tertiary/aromatic N) is 2. The Morgan fingerprint density at radius 2 is 1.79 bits per heavy atom. The summed E-state index contributed by atoms with van der Waals surface area (Å²) in [6, 6.07) is 10.1. The number of likely N-dealkylation sites (tertiary alicyclic amines) is 1. The highest BCUT2D eigenvalue weighted by molar-refractivity contribution is 5.98. The van der Waals surface area contributed by atoms with E-state index in [1.165, 1.54) is 7.11 Å². The van der Waals surface area contributed by atoms with Gasteiger partial charge in [0, 0.05) is 36.3 Å². The number of carbonyl (C=O) groups excluding carboxylic acids is 3. The summed E-state index contributed by atoms with van der Waals surface area (Å²) in [7, 11) is 1.41. The molecule has 2 amide bonds. The number of methoxy groups -OCH3 is 1. The average molecular weight is 580 g/mol. The summed E-state index contributed by atoms with van der Waals surface area (Å²) in [6.07, 6.45) is 4.47. The zero-order chi connectivity index (χ0) is 29.9. The molecule has 1 spiro atoms. The van der Waals surface area contributed by atoms with E-state index in [0.29, 0.717) is 36.6 Å². The van der Waals surface area contributed by atoms with Crippen LogP contribution >= 0.6 is 0 Å². The molecule has 3 N–H and O–H groups in total. The van der Waals surface area contributed by atoms with Gasteiger partial charge in [-0.25, -0.2) is 4.79 Å². The lowest BCUT2D eigenvalue weighted by Crippen LogP contribution is -2.41. The fraction of sp³-hybridized carbons (Fsp3) is 0.531. The van der Waals surface area contributed by atoms with Crippen molar-refractivity contribution in [2.45, 2.75) is 57.5 Å². The van der Waals surface area contributed by atoms with Gasteiger partial charge in [-0.1, -0.05) is 0 Å². The SMILES string of the molecule is CCOc1cc(C(=O)OC)c(C2CC2)cc1CN1CCC2(CC1)CC(=O)N(c1ccc(C(=O)NC(CO)CO)cc1)C2. The van der Waals surface area contributed by atoms with Crippen LogP contribution in [0.25, 0.3) is 0 Å². The van der Waals surface area contributed by atoms with Gasteiger partial charge in [-0.15, -0.1) is 0 Å². The highest BCUT2D eigenvalue weighted by Gasteiger charge is 2.45. The predicted molar refractivity (Wildman–Crippen MR) is 157 cm³/mol. The summed E-state index contributed by atoms with van der Waals surface area (Å²) in [4.78, 5) is 42.2. The molecular formula is C32H41N3O7. The van der Waals surface area contributed by atoms with E-state index >= 15 is 0 Å². The minimum atomic E-state index is -0.715. The molecule has 0 atom stereocenters. The average Bonchev–Trinajstić information content (AvgIpc) is 3.80. The number of hydrogen-bond acceptors (Lipinski definition) is 8. The van der Waals surface area contributed by atoms with Crippen molar-refractivity contribution >= 4 is 23.5 Å². The van der Waals surface area contributed by atoms with Crippen LogP contribution in [0.15, 0.2) is 36.4 Å². The molecule has 0 bridgehead atoms. The van der Waals surface area contributed by atoms with Gasteiger partial charge in [0.05, 0.1) is 38.5 Å². The molecule has 0 radical (unpaired) electrons. The monoisotopic (exact) mass is 579 g/mol. The normalized spacial score (nSPS) is 18.5. The van der Waals surface area contributed by atoms with Crippen LogP contribution in [0.5, 0.6) is 5.75 Å². The largest absolute Gasteiger partial charge is 0.494 e. The summed E-state index contributed by atoms with van der Waals surface area (Å²) < 4.78 is 11.0. The topological polar surface area (TPSA) is 129 Å². The van der Waals surface area contributed by atoms with E-state index in [-0.39, 0.29) is 36.4 Å². The third-order valence-electron chi connectivity index (χ3n) is 8.80. The molecule has 2 saturated heterocycles. The third kappa shape index (κ3) is 6.45. The van der Waals surface area contributed by atoms with Crippen LogP contribution in [-0.4, -0.2) is 85.5 Å². The minimum absolute atomic E-state index is 0.0875. The maximum absolute atomic E-state index is 13.1. The van der Waals surface area contributed by atoms with E-state index in [2.05, 4.69) is 16.3 Å². The first kappa shape index (κ1) is 30.0. The molecule has 226 valence electrons. The lowest BCUT2D eigenvalue weighted by Gasteiger charge is -2.39. The number of piperidine rings is 1. The zero-order valence-corrected chi connectivity index (χ0v) is 24.4. The quantitative estimate of drug-likeness (QED) is 0.347. The number of aliphatic hydroxyl groups is 2. The van der Waals surface area contributed by atoms with Gasteiger partial charge in [-0.05, 0) is 99.0 Å². The van der Waals surface area contributed by atoms with E-state index in [1.807, 2.05) is 17.9 Å². The van der Waals surface area contributed by atoms with Crippen LogP contribution in [0.4, 0.5) is 5.69 Å². The summed E-state index contributed by atoms with van der Waals surface area (Å²) >= 11 is 0. The zero-order valence-electron chi connectivity index (χ0n) is 24.4. The molecule has 0 aromatic heterocycles. The van der Waals surface area contributed by atoms with Crippen molar-refractivity contribution in [1.29, 1.82) is 0 Å². The second kappa shape index (κ2) is 12.8. The van der Waals surface area contributed by atoms with E-state index in [0.717, 1.165) is 67.9 Å². The van der Waals surface area contributed by atoms with Gasteiger partial charge < -0.3 is 29.9 Å². The molecule has 0 unspecified atom stereocenters. The number of hydrogen-bond donors (Lipinski definition) is 3. The molecule has 42 heavy (non-hydrogen) atoms. The van der Waals surface area contributed by atoms with Crippen molar-refractivity contribution in [3.63, 3.8) is 0 Å². The van der Waals surface area contributed by atoms with Gasteiger partial charge in [-0.2, -0.15) is 0 Å². The highest BCUT2D eigenvalue weighted by Crippen LogP contribution is 2.45. The van der Waals surface area contributed by atoms with E-state index in [9.17, 15) is 24.6 Å². The first-order valence-corrected chi connectivity index (χ1v) is 14.8. The fourth-order valence-corrected chi connectivity index (χ4v) is 6.18. The number of ether oxygens (including phenoxy) is 2. The Bertz CT molecular complexity index is 1300. The van der Waals surface area contributed by atoms with Crippen molar-refractivity contribution in [2.75, 3.05) is 51.5 Å². The number of amides is 2. The van der Waals surface area contributed by atoms with Gasteiger partial charge >= 0.3 is 5.97 Å². The van der Waals surface area contributed by atoms with Crippen LogP contribution in [0.2, 0.25) is 0 Å². The summed E-state index contributed by atoms with van der Waals surface area (Å²) in [5.74, 6) is 0.505. The number of esters is 1. The second-order valence-corrected chi connectivity index (χ2v) is 11.8. The van der Waals surface area contributed by atoms with E-state index in [4.69, 9.17) is 9.47 Å². The Balaban J connectivity index is 1.23. The van der Waals surface area contributed by atoms with Gasteiger partial charge in [0.2, 0.25) is 5.91 Å². The van der Waals surface area contributed by atoms with Crippen molar-refractivity contribution in [2.24, 2.45) is 5.41 Å². The summed E-state index contributed by atoms with van der Waals surface area (Å²) in [5.41, 5.74) is 3.81. The van der Waals surface area contributed by atoms with Gasteiger partial charge in [0.1, 0.15) is 5.75 Å². The molecule has 2 aromatic carbocycles. The van der Waals surface area contributed by atoms with Crippen LogP contribution in [0.1, 0.15) is 76.8 Å². The first-order valence-electron chi connectivity index (χ1n) is 14.8. The van der Waals surface area contributed by atoms with Crippen molar-refractivity contribution in [3.05, 3.63) is 58.7 Å². The van der Waals surface area contributed by atoms with Gasteiger partial charge in [0.15, 0.2) is 0 Å². The molecule has 5 rings (SSSR count). The maximum atomic E-state index is 13.1. The summed E-state index contributed by atoms with van der Waals surface area (Å²) in [6.45, 7) is 4.84. The second-order valence-electron chi connectivity index (χ2n) is 11.8. The van der Waals surface area contributed by atoms with Crippen molar-refractivity contribution in [1.82, 2.24) is 10.2 Å². The van der Waals surface area contributed by atoms with Crippen molar-refractivity contribution < 1.29 is 34.1 Å². The number of rotatable bonds is 11. The molecule has 10 nitrogen and oxygen atoms in total. The number of nitrogens with one attached hydrogen (secondary N) is 1. The lowest BCUT2D eigenvalue weighted by molar-refractivity contribution is -0.118. The Labute approximate surface area is 246 Å². The number of aliphatic hydroxyl groups excluding tert-OH is 2. The van der Waals surface area contributed by atoms with Crippen LogP contribution < -0.4 is 15.0 Å². The maximum Gasteiger partial charge on any atom is 0.338 e. The molecule has 1 aliphatic carbocycles.